The van der Waals surface area contributed by atoms with Gasteiger partial charge in [0.15, 0.2) is 5.76 Å². The number of rotatable bonds is 6. The van der Waals surface area contributed by atoms with Crippen molar-refractivity contribution in [1.29, 1.82) is 0 Å². The fourth-order valence-corrected chi connectivity index (χ4v) is 2.09. The third-order valence-electron chi connectivity index (χ3n) is 3.12. The first-order chi connectivity index (χ1) is 10.1. The molecule has 110 valence electrons. The molecule has 0 saturated carbocycles. The molecule has 21 heavy (non-hydrogen) atoms. The van der Waals surface area contributed by atoms with Crippen LogP contribution in [0.4, 0.5) is 5.69 Å². The van der Waals surface area contributed by atoms with Gasteiger partial charge in [-0.2, -0.15) is 0 Å². The summed E-state index contributed by atoms with van der Waals surface area (Å²) in [6, 6.07) is 13.0. The van der Waals surface area contributed by atoms with Crippen molar-refractivity contribution in [3.8, 4) is 0 Å². The van der Waals surface area contributed by atoms with E-state index in [-0.39, 0.29) is 5.91 Å². The second-order valence-corrected chi connectivity index (χ2v) is 5.15. The van der Waals surface area contributed by atoms with Gasteiger partial charge in [-0.3, -0.25) is 4.79 Å². The van der Waals surface area contributed by atoms with Gasteiger partial charge in [-0.1, -0.05) is 37.3 Å². The van der Waals surface area contributed by atoms with Crippen molar-refractivity contribution in [3.05, 3.63) is 54.0 Å². The number of hydrogen-bond donors (Lipinski definition) is 1. The van der Waals surface area contributed by atoms with E-state index in [1.165, 1.54) is 0 Å². The summed E-state index contributed by atoms with van der Waals surface area (Å²) < 4.78 is 5.55. The zero-order chi connectivity index (χ0) is 15.2. The molecule has 4 nitrogen and oxygen atoms in total. The molecule has 1 amide bonds. The van der Waals surface area contributed by atoms with Crippen LogP contribution in [0.2, 0.25) is 0 Å². The third kappa shape index (κ3) is 3.92. The lowest BCUT2D eigenvalue weighted by Crippen LogP contribution is -2.33. The Bertz CT molecular complexity index is 622. The summed E-state index contributed by atoms with van der Waals surface area (Å²) in [6.07, 6.45) is 1.23. The number of hydrogen-bond acceptors (Lipinski definition) is 3. The number of nitrogens with two attached hydrogens (primary N) is 1. The number of carbonyl (C=O) groups is 1. The lowest BCUT2D eigenvalue weighted by atomic mass is 10.2. The number of anilines is 1. The highest BCUT2D eigenvalue weighted by molar-refractivity contribution is 7.80. The van der Waals surface area contributed by atoms with Crippen molar-refractivity contribution in [3.63, 3.8) is 0 Å². The highest BCUT2D eigenvalue weighted by atomic mass is 32.1. The topological polar surface area (TPSA) is 59.5 Å². The van der Waals surface area contributed by atoms with Crippen molar-refractivity contribution >= 4 is 28.8 Å². The minimum atomic E-state index is -0.183. The minimum absolute atomic E-state index is 0.183. The molecule has 0 spiro atoms. The van der Waals surface area contributed by atoms with Gasteiger partial charge in [-0.05, 0) is 24.3 Å². The molecule has 2 aromatic rings. The van der Waals surface area contributed by atoms with Crippen LogP contribution >= 0.6 is 12.2 Å². The predicted molar refractivity (Wildman–Crippen MR) is 87.6 cm³/mol. The van der Waals surface area contributed by atoms with Crippen molar-refractivity contribution in [1.82, 2.24) is 0 Å². The molecule has 0 unspecified atom stereocenters. The molecular weight excluding hydrogens is 284 g/mol. The van der Waals surface area contributed by atoms with E-state index < -0.39 is 0 Å². The molecule has 1 aromatic carbocycles. The maximum Gasteiger partial charge on any atom is 0.293 e. The molecule has 0 aliphatic rings. The largest absolute Gasteiger partial charge is 0.456 e. The molecule has 2 rings (SSSR count). The van der Waals surface area contributed by atoms with Crippen LogP contribution in [-0.4, -0.2) is 17.4 Å². The van der Waals surface area contributed by atoms with E-state index in [1.807, 2.05) is 43.3 Å². The first kappa shape index (κ1) is 15.3. The molecular formula is C16H18N2O2S. The summed E-state index contributed by atoms with van der Waals surface area (Å²) in [5, 5.41) is 0. The van der Waals surface area contributed by atoms with Crippen LogP contribution in [0.25, 0.3) is 0 Å². The molecule has 0 bridgehead atoms. The van der Waals surface area contributed by atoms with Crippen LogP contribution in [0.1, 0.15) is 29.7 Å². The zero-order valence-electron chi connectivity index (χ0n) is 11.9. The van der Waals surface area contributed by atoms with E-state index in [1.54, 1.807) is 11.0 Å². The van der Waals surface area contributed by atoms with E-state index in [0.29, 0.717) is 23.7 Å². The smallest absolute Gasteiger partial charge is 0.293 e. The predicted octanol–water partition coefficient (Wildman–Crippen LogP) is 3.17. The number of benzene rings is 1. The molecule has 0 atom stereocenters. The Kier molecular flexibility index (Phi) is 5.11. The zero-order valence-corrected chi connectivity index (χ0v) is 12.7. The number of aryl methyl sites for hydroxylation is 1. The van der Waals surface area contributed by atoms with Crippen LogP contribution in [0.15, 0.2) is 46.9 Å². The molecule has 5 heteroatoms. The molecule has 0 saturated heterocycles. The third-order valence-corrected chi connectivity index (χ3v) is 3.32. The molecule has 0 radical (unpaired) electrons. The lowest BCUT2D eigenvalue weighted by Gasteiger charge is -2.21. The van der Waals surface area contributed by atoms with Crippen molar-refractivity contribution in [2.45, 2.75) is 19.8 Å². The number of amides is 1. The SMILES string of the molecule is CCc1ccc(C(=O)N(CCC(N)=S)c2ccccc2)o1. The Labute approximate surface area is 129 Å². The van der Waals surface area contributed by atoms with E-state index in [2.05, 4.69) is 0 Å². The van der Waals surface area contributed by atoms with E-state index in [9.17, 15) is 4.79 Å². The molecule has 1 aromatic heterocycles. The lowest BCUT2D eigenvalue weighted by molar-refractivity contribution is 0.0959. The van der Waals surface area contributed by atoms with E-state index in [0.717, 1.165) is 17.9 Å². The Morgan fingerprint density at radius 3 is 2.52 bits per heavy atom. The van der Waals surface area contributed by atoms with Crippen LogP contribution < -0.4 is 10.6 Å². The fraction of sp³-hybridized carbons (Fsp3) is 0.250. The fourth-order valence-electron chi connectivity index (χ4n) is 1.99. The Morgan fingerprint density at radius 2 is 1.95 bits per heavy atom. The van der Waals surface area contributed by atoms with E-state index in [4.69, 9.17) is 22.4 Å². The van der Waals surface area contributed by atoms with Crippen molar-refractivity contribution in [2.24, 2.45) is 5.73 Å². The van der Waals surface area contributed by atoms with Gasteiger partial charge in [0.05, 0.1) is 4.99 Å². The summed E-state index contributed by atoms with van der Waals surface area (Å²) in [4.78, 5) is 14.7. The van der Waals surface area contributed by atoms with Gasteiger partial charge in [-0.15, -0.1) is 0 Å². The second kappa shape index (κ2) is 7.04. The summed E-state index contributed by atoms with van der Waals surface area (Å²) in [5.41, 5.74) is 6.35. The maximum atomic E-state index is 12.6. The summed E-state index contributed by atoms with van der Waals surface area (Å²) in [5.74, 6) is 0.941. The highest BCUT2D eigenvalue weighted by Crippen LogP contribution is 2.19. The molecule has 0 aliphatic heterocycles. The average Bonchev–Trinajstić information content (AvgIpc) is 2.97. The molecule has 0 fully saturated rings. The normalized spacial score (nSPS) is 10.3. The van der Waals surface area contributed by atoms with Gasteiger partial charge in [0.1, 0.15) is 5.76 Å². The van der Waals surface area contributed by atoms with Gasteiger partial charge >= 0.3 is 0 Å². The highest BCUT2D eigenvalue weighted by Gasteiger charge is 2.20. The quantitative estimate of drug-likeness (QED) is 0.833. The number of thiocarbonyl (C=S) groups is 1. The molecule has 1 heterocycles. The van der Waals surface area contributed by atoms with Crippen LogP contribution in [0, 0.1) is 0 Å². The Morgan fingerprint density at radius 1 is 1.24 bits per heavy atom. The number of carbonyl (C=O) groups excluding carboxylic acids is 1. The first-order valence-electron chi connectivity index (χ1n) is 6.85. The van der Waals surface area contributed by atoms with Gasteiger partial charge in [-0.25, -0.2) is 0 Å². The monoisotopic (exact) mass is 302 g/mol. The average molecular weight is 302 g/mol. The maximum absolute atomic E-state index is 12.6. The summed E-state index contributed by atoms with van der Waals surface area (Å²) in [6.45, 7) is 2.41. The first-order valence-corrected chi connectivity index (χ1v) is 7.26. The van der Waals surface area contributed by atoms with Crippen LogP contribution in [-0.2, 0) is 6.42 Å². The Balaban J connectivity index is 2.25. The van der Waals surface area contributed by atoms with E-state index >= 15 is 0 Å². The molecule has 0 aliphatic carbocycles. The minimum Gasteiger partial charge on any atom is -0.456 e. The molecule has 2 N–H and O–H groups in total. The van der Waals surface area contributed by atoms with Gasteiger partial charge in [0, 0.05) is 25.1 Å². The van der Waals surface area contributed by atoms with Gasteiger partial charge in [0.25, 0.3) is 5.91 Å². The van der Waals surface area contributed by atoms with Gasteiger partial charge in [0.2, 0.25) is 0 Å². The standard InChI is InChI=1S/C16H18N2O2S/c1-2-13-8-9-14(20-13)16(19)18(11-10-15(17)21)12-6-4-3-5-7-12/h3-9H,2,10-11H2,1H3,(H2,17,21). The number of furan rings is 1. The second-order valence-electron chi connectivity index (χ2n) is 4.63. The number of para-hydroxylation sites is 1. The van der Waals surface area contributed by atoms with Crippen molar-refractivity contribution < 1.29 is 9.21 Å². The van der Waals surface area contributed by atoms with Crippen LogP contribution in [0.5, 0.6) is 0 Å². The van der Waals surface area contributed by atoms with Crippen molar-refractivity contribution in [2.75, 3.05) is 11.4 Å². The number of nitrogens with zero attached hydrogens (tertiary/aromatic N) is 1. The summed E-state index contributed by atoms with van der Waals surface area (Å²) in [7, 11) is 0. The Hall–Kier alpha value is -2.14. The van der Waals surface area contributed by atoms with Gasteiger partial charge < -0.3 is 15.1 Å². The van der Waals surface area contributed by atoms with Crippen LogP contribution in [0.3, 0.4) is 0 Å². The summed E-state index contributed by atoms with van der Waals surface area (Å²) >= 11 is 4.91.